The van der Waals surface area contributed by atoms with E-state index in [4.69, 9.17) is 23.8 Å². The average Bonchev–Trinajstić information content (AvgIpc) is 2.54. The number of hydrazine groups is 1. The van der Waals surface area contributed by atoms with E-state index in [0.29, 0.717) is 11.0 Å². The Morgan fingerprint density at radius 1 is 1.33 bits per heavy atom. The van der Waals surface area contributed by atoms with Crippen LogP contribution in [-0.2, 0) is 0 Å². The molecule has 3 nitrogen and oxygen atoms in total. The maximum atomic E-state index is 5.89. The van der Waals surface area contributed by atoms with E-state index in [1.807, 2.05) is 29.3 Å². The maximum Gasteiger partial charge on any atom is 0.189 e. The molecule has 1 fully saturated rings. The standard InChI is InChI=1S/C13H18ClN3S/c1-9(2)8-13(3)15-12(18)17(16-13)11-6-4-10(14)5-7-11/h4-7,9,16H,8H2,1-3H3,(H,15,18)/t13-/m1/s1. The molecule has 0 spiro atoms. The smallest absolute Gasteiger partial charge is 0.189 e. The number of nitrogens with one attached hydrogen (secondary N) is 2. The van der Waals surface area contributed by atoms with Crippen LogP contribution in [0.15, 0.2) is 24.3 Å². The predicted octanol–water partition coefficient (Wildman–Crippen LogP) is 3.30. The quantitative estimate of drug-likeness (QED) is 0.833. The van der Waals surface area contributed by atoms with E-state index in [1.54, 1.807) is 0 Å². The third-order valence-corrected chi connectivity index (χ3v) is 3.38. The molecule has 0 aromatic heterocycles. The fourth-order valence-corrected chi connectivity index (χ4v) is 2.80. The summed E-state index contributed by atoms with van der Waals surface area (Å²) in [5.41, 5.74) is 4.22. The fourth-order valence-electron chi connectivity index (χ4n) is 2.30. The van der Waals surface area contributed by atoms with Crippen molar-refractivity contribution in [1.29, 1.82) is 0 Å². The predicted molar refractivity (Wildman–Crippen MR) is 80.7 cm³/mol. The molecule has 18 heavy (non-hydrogen) atoms. The van der Waals surface area contributed by atoms with Crippen LogP contribution < -0.4 is 15.8 Å². The number of anilines is 1. The third-order valence-electron chi connectivity index (χ3n) is 2.85. The first-order chi connectivity index (χ1) is 8.39. The highest BCUT2D eigenvalue weighted by Crippen LogP contribution is 2.24. The minimum Gasteiger partial charge on any atom is -0.342 e. The molecule has 0 unspecified atom stereocenters. The molecule has 0 amide bonds. The van der Waals surface area contributed by atoms with Crippen molar-refractivity contribution in [3.8, 4) is 0 Å². The molecule has 0 bridgehead atoms. The molecule has 1 aliphatic rings. The van der Waals surface area contributed by atoms with E-state index in [0.717, 1.165) is 17.1 Å². The van der Waals surface area contributed by atoms with Gasteiger partial charge in [0.05, 0.1) is 5.69 Å². The molecule has 1 aromatic carbocycles. The largest absolute Gasteiger partial charge is 0.342 e. The zero-order valence-corrected chi connectivity index (χ0v) is 12.4. The second-order valence-corrected chi connectivity index (χ2v) is 6.11. The van der Waals surface area contributed by atoms with Crippen molar-refractivity contribution < 1.29 is 0 Å². The zero-order valence-electron chi connectivity index (χ0n) is 10.8. The first-order valence-corrected chi connectivity index (χ1v) is 6.84. The van der Waals surface area contributed by atoms with Gasteiger partial charge in [-0.25, -0.2) is 5.43 Å². The Bertz CT molecular complexity index is 446. The molecule has 1 saturated heterocycles. The molecular weight excluding hydrogens is 266 g/mol. The molecule has 0 aliphatic carbocycles. The lowest BCUT2D eigenvalue weighted by Gasteiger charge is -2.27. The van der Waals surface area contributed by atoms with Gasteiger partial charge < -0.3 is 5.32 Å². The van der Waals surface area contributed by atoms with Crippen molar-refractivity contribution in [2.24, 2.45) is 5.92 Å². The highest BCUT2D eigenvalue weighted by molar-refractivity contribution is 7.80. The highest BCUT2D eigenvalue weighted by Gasteiger charge is 2.36. The van der Waals surface area contributed by atoms with Crippen molar-refractivity contribution in [2.45, 2.75) is 32.9 Å². The van der Waals surface area contributed by atoms with Gasteiger partial charge in [-0.1, -0.05) is 25.4 Å². The van der Waals surface area contributed by atoms with Crippen LogP contribution >= 0.6 is 23.8 Å². The van der Waals surface area contributed by atoms with Gasteiger partial charge in [0, 0.05) is 5.02 Å². The molecule has 1 atom stereocenters. The molecule has 2 N–H and O–H groups in total. The van der Waals surface area contributed by atoms with E-state index >= 15 is 0 Å². The van der Waals surface area contributed by atoms with Crippen molar-refractivity contribution in [1.82, 2.24) is 10.7 Å². The minimum atomic E-state index is -0.190. The van der Waals surface area contributed by atoms with Crippen molar-refractivity contribution in [2.75, 3.05) is 5.01 Å². The molecule has 1 aromatic rings. The van der Waals surface area contributed by atoms with Gasteiger partial charge in [0.15, 0.2) is 5.11 Å². The Balaban J connectivity index is 2.16. The van der Waals surface area contributed by atoms with E-state index in [-0.39, 0.29) is 5.66 Å². The summed E-state index contributed by atoms with van der Waals surface area (Å²) in [5.74, 6) is 0.586. The van der Waals surface area contributed by atoms with Crippen LogP contribution in [0.5, 0.6) is 0 Å². The Morgan fingerprint density at radius 2 is 1.94 bits per heavy atom. The molecule has 1 aliphatic heterocycles. The number of thiocarbonyl (C=S) groups is 1. The SMILES string of the molecule is CC(C)C[C@]1(C)NC(=S)N(c2ccc(Cl)cc2)N1. The molecule has 1 heterocycles. The van der Waals surface area contributed by atoms with Gasteiger partial charge in [-0.15, -0.1) is 0 Å². The molecule has 98 valence electrons. The summed E-state index contributed by atoms with van der Waals surface area (Å²) in [6.07, 6.45) is 0.997. The van der Waals surface area contributed by atoms with Crippen LogP contribution in [-0.4, -0.2) is 10.8 Å². The number of nitrogens with zero attached hydrogens (tertiary/aromatic N) is 1. The van der Waals surface area contributed by atoms with Gasteiger partial charge in [-0.3, -0.25) is 5.01 Å². The summed E-state index contributed by atoms with van der Waals surface area (Å²) in [6.45, 7) is 6.51. The number of hydrogen-bond donors (Lipinski definition) is 2. The first-order valence-electron chi connectivity index (χ1n) is 6.05. The van der Waals surface area contributed by atoms with Crippen LogP contribution in [0.1, 0.15) is 27.2 Å². The van der Waals surface area contributed by atoms with Crippen LogP contribution in [0, 0.1) is 5.92 Å². The van der Waals surface area contributed by atoms with Crippen LogP contribution in [0.4, 0.5) is 5.69 Å². The molecule has 5 heteroatoms. The maximum absolute atomic E-state index is 5.89. The molecule has 0 radical (unpaired) electrons. The Hall–Kier alpha value is -0.840. The summed E-state index contributed by atoms with van der Waals surface area (Å²) >= 11 is 11.3. The average molecular weight is 284 g/mol. The van der Waals surface area contributed by atoms with Gasteiger partial charge in [-0.2, -0.15) is 0 Å². The third kappa shape index (κ3) is 2.94. The van der Waals surface area contributed by atoms with Gasteiger partial charge in [0.1, 0.15) is 5.66 Å². The lowest BCUT2D eigenvalue weighted by Crippen LogP contribution is -2.49. The zero-order chi connectivity index (χ0) is 13.3. The summed E-state index contributed by atoms with van der Waals surface area (Å²) in [7, 11) is 0. The highest BCUT2D eigenvalue weighted by atomic mass is 35.5. The van der Waals surface area contributed by atoms with Crippen molar-refractivity contribution in [3.05, 3.63) is 29.3 Å². The van der Waals surface area contributed by atoms with E-state index in [2.05, 4.69) is 31.5 Å². The number of rotatable bonds is 3. The van der Waals surface area contributed by atoms with E-state index in [1.165, 1.54) is 0 Å². The fraction of sp³-hybridized carbons (Fsp3) is 0.462. The summed E-state index contributed by atoms with van der Waals surface area (Å²) in [6, 6.07) is 7.62. The summed E-state index contributed by atoms with van der Waals surface area (Å²) in [5, 5.41) is 6.65. The van der Waals surface area contributed by atoms with Crippen molar-refractivity contribution >= 4 is 34.6 Å². The number of halogens is 1. The monoisotopic (exact) mass is 283 g/mol. The Kier molecular flexibility index (Phi) is 3.80. The Morgan fingerprint density at radius 3 is 2.50 bits per heavy atom. The first kappa shape index (κ1) is 13.6. The topological polar surface area (TPSA) is 27.3 Å². The van der Waals surface area contributed by atoms with Crippen molar-refractivity contribution in [3.63, 3.8) is 0 Å². The second kappa shape index (κ2) is 5.03. The Labute approximate surface area is 118 Å². The van der Waals surface area contributed by atoms with Crippen LogP contribution in [0.25, 0.3) is 0 Å². The molecule has 0 saturated carbocycles. The minimum absolute atomic E-state index is 0.190. The molecule has 2 rings (SSSR count). The van der Waals surface area contributed by atoms with Gasteiger partial charge in [-0.05, 0) is 55.7 Å². The van der Waals surface area contributed by atoms with Crippen LogP contribution in [0.3, 0.4) is 0 Å². The molecular formula is C13H18ClN3S. The van der Waals surface area contributed by atoms with Gasteiger partial charge >= 0.3 is 0 Å². The number of benzene rings is 1. The lowest BCUT2D eigenvalue weighted by molar-refractivity contribution is 0.303. The van der Waals surface area contributed by atoms with Crippen LogP contribution in [0.2, 0.25) is 5.02 Å². The lowest BCUT2D eigenvalue weighted by atomic mass is 10.0. The van der Waals surface area contributed by atoms with E-state index < -0.39 is 0 Å². The summed E-state index contributed by atoms with van der Waals surface area (Å²) < 4.78 is 0. The van der Waals surface area contributed by atoms with Gasteiger partial charge in [0.25, 0.3) is 0 Å². The second-order valence-electron chi connectivity index (χ2n) is 5.28. The normalized spacial score (nSPS) is 23.6. The summed E-state index contributed by atoms with van der Waals surface area (Å²) in [4.78, 5) is 0. The van der Waals surface area contributed by atoms with E-state index in [9.17, 15) is 0 Å². The van der Waals surface area contributed by atoms with Gasteiger partial charge in [0.2, 0.25) is 0 Å². The number of hydrogen-bond acceptors (Lipinski definition) is 2.